The summed E-state index contributed by atoms with van der Waals surface area (Å²) in [5, 5.41) is 2.68. The predicted molar refractivity (Wildman–Crippen MR) is 67.7 cm³/mol. The molecule has 0 spiro atoms. The third kappa shape index (κ3) is 4.38. The van der Waals surface area contributed by atoms with Gasteiger partial charge in [-0.05, 0) is 44.5 Å². The van der Waals surface area contributed by atoms with Crippen molar-refractivity contribution >= 4 is 5.69 Å². The summed E-state index contributed by atoms with van der Waals surface area (Å²) >= 11 is 0. The number of nitrogens with two attached hydrogens (primary N) is 1. The molecule has 1 aromatic rings. The Morgan fingerprint density at radius 3 is 2.26 bits per heavy atom. The van der Waals surface area contributed by atoms with Crippen LogP contribution < -0.4 is 11.1 Å². The summed E-state index contributed by atoms with van der Waals surface area (Å²) in [6.07, 6.45) is -3.96. The summed E-state index contributed by atoms with van der Waals surface area (Å²) in [6.45, 7) is 3.19. The van der Waals surface area contributed by atoms with Crippen LogP contribution in [0.5, 0.6) is 0 Å². The molecule has 0 fully saturated rings. The summed E-state index contributed by atoms with van der Waals surface area (Å²) in [4.78, 5) is 0. The van der Waals surface area contributed by atoms with Gasteiger partial charge >= 0.3 is 6.18 Å². The third-order valence-electron chi connectivity index (χ3n) is 2.71. The monoisotopic (exact) mass is 278 g/mol. The van der Waals surface area contributed by atoms with Crippen molar-refractivity contribution in [1.82, 2.24) is 0 Å². The number of alkyl halides is 4. The van der Waals surface area contributed by atoms with Crippen LogP contribution in [0.3, 0.4) is 0 Å². The Bertz CT molecular complexity index is 422. The van der Waals surface area contributed by atoms with E-state index in [1.165, 1.54) is 26.0 Å². The molecule has 1 aromatic carbocycles. The number of halogens is 4. The van der Waals surface area contributed by atoms with E-state index >= 15 is 0 Å². The molecule has 0 saturated carbocycles. The zero-order chi connectivity index (χ0) is 14.7. The first-order valence-corrected chi connectivity index (χ1v) is 6.01. The van der Waals surface area contributed by atoms with E-state index in [1.807, 2.05) is 0 Å². The quantitative estimate of drug-likeness (QED) is 0.637. The van der Waals surface area contributed by atoms with Gasteiger partial charge in [0.1, 0.15) is 5.67 Å². The number of nitrogens with one attached hydrogen (secondary N) is 1. The Kier molecular flexibility index (Phi) is 4.79. The molecular formula is C13H18F4N2. The molecule has 0 atom stereocenters. The molecule has 0 aliphatic rings. The molecule has 0 bridgehead atoms. The molecule has 0 heterocycles. The molecular weight excluding hydrogens is 260 g/mol. The Balaban J connectivity index is 3.11. The topological polar surface area (TPSA) is 38.0 Å². The number of rotatable bonds is 5. The van der Waals surface area contributed by atoms with Gasteiger partial charge < -0.3 is 11.1 Å². The SMILES string of the molecule is CC(C)(F)c1ccc(NCCCN)c(C(F)(F)F)c1. The van der Waals surface area contributed by atoms with Crippen LogP contribution in [0.4, 0.5) is 23.2 Å². The van der Waals surface area contributed by atoms with Gasteiger partial charge in [0.25, 0.3) is 0 Å². The van der Waals surface area contributed by atoms with Crippen molar-refractivity contribution in [2.45, 2.75) is 32.1 Å². The minimum absolute atomic E-state index is 0.00389. The summed E-state index contributed by atoms with van der Waals surface area (Å²) in [5.74, 6) is 0. The smallest absolute Gasteiger partial charge is 0.385 e. The van der Waals surface area contributed by atoms with Gasteiger partial charge in [-0.15, -0.1) is 0 Å². The number of anilines is 1. The lowest BCUT2D eigenvalue weighted by molar-refractivity contribution is -0.137. The van der Waals surface area contributed by atoms with Gasteiger partial charge in [0.15, 0.2) is 0 Å². The highest BCUT2D eigenvalue weighted by Crippen LogP contribution is 2.38. The van der Waals surface area contributed by atoms with E-state index in [0.717, 1.165) is 6.07 Å². The second kappa shape index (κ2) is 5.77. The van der Waals surface area contributed by atoms with Crippen molar-refractivity contribution in [2.75, 3.05) is 18.4 Å². The summed E-state index contributed by atoms with van der Waals surface area (Å²) in [7, 11) is 0. The molecule has 0 aliphatic carbocycles. The van der Waals surface area contributed by atoms with Gasteiger partial charge in [0.05, 0.1) is 5.56 Å². The van der Waals surface area contributed by atoms with Crippen molar-refractivity contribution in [3.05, 3.63) is 29.3 Å². The Morgan fingerprint density at radius 1 is 1.16 bits per heavy atom. The minimum Gasteiger partial charge on any atom is -0.385 e. The maximum atomic E-state index is 13.7. The third-order valence-corrected chi connectivity index (χ3v) is 2.71. The Morgan fingerprint density at radius 2 is 1.79 bits per heavy atom. The van der Waals surface area contributed by atoms with Gasteiger partial charge in [-0.1, -0.05) is 6.07 Å². The number of benzene rings is 1. The van der Waals surface area contributed by atoms with Crippen LogP contribution in [0.2, 0.25) is 0 Å². The molecule has 3 N–H and O–H groups in total. The summed E-state index contributed by atoms with van der Waals surface area (Å²) in [6, 6.07) is 3.47. The first-order valence-electron chi connectivity index (χ1n) is 6.01. The van der Waals surface area contributed by atoms with Crippen molar-refractivity contribution < 1.29 is 17.6 Å². The fraction of sp³-hybridized carbons (Fsp3) is 0.538. The lowest BCUT2D eigenvalue weighted by Gasteiger charge is -2.20. The molecule has 0 radical (unpaired) electrons. The van der Waals surface area contributed by atoms with E-state index < -0.39 is 17.4 Å². The van der Waals surface area contributed by atoms with E-state index in [-0.39, 0.29) is 11.3 Å². The fourth-order valence-electron chi connectivity index (χ4n) is 1.63. The van der Waals surface area contributed by atoms with Crippen molar-refractivity contribution in [2.24, 2.45) is 5.73 Å². The van der Waals surface area contributed by atoms with Gasteiger partial charge in [-0.3, -0.25) is 0 Å². The second-order valence-corrected chi connectivity index (χ2v) is 4.80. The molecule has 0 aliphatic heterocycles. The molecule has 2 nitrogen and oxygen atoms in total. The minimum atomic E-state index is -4.52. The van der Waals surface area contributed by atoms with Crippen molar-refractivity contribution in [3.8, 4) is 0 Å². The first-order chi connectivity index (χ1) is 8.66. The summed E-state index contributed by atoms with van der Waals surface area (Å²) < 4.78 is 52.5. The summed E-state index contributed by atoms with van der Waals surface area (Å²) in [5.41, 5.74) is 2.58. The highest BCUT2D eigenvalue weighted by Gasteiger charge is 2.35. The molecule has 0 unspecified atom stereocenters. The zero-order valence-electron chi connectivity index (χ0n) is 10.9. The molecule has 6 heteroatoms. The predicted octanol–water partition coefficient (Wildman–Crippen LogP) is 3.67. The molecule has 0 saturated heterocycles. The van der Waals surface area contributed by atoms with Crippen LogP contribution in [-0.2, 0) is 11.8 Å². The number of hydrogen-bond acceptors (Lipinski definition) is 2. The molecule has 0 aromatic heterocycles. The van der Waals surface area contributed by atoms with Gasteiger partial charge in [-0.25, -0.2) is 4.39 Å². The van der Waals surface area contributed by atoms with Gasteiger partial charge in [0, 0.05) is 12.2 Å². The van der Waals surface area contributed by atoms with Crippen LogP contribution in [0.1, 0.15) is 31.4 Å². The fourth-order valence-corrected chi connectivity index (χ4v) is 1.63. The zero-order valence-corrected chi connectivity index (χ0v) is 10.9. The van der Waals surface area contributed by atoms with E-state index in [4.69, 9.17) is 5.73 Å². The molecule has 19 heavy (non-hydrogen) atoms. The van der Waals surface area contributed by atoms with E-state index in [0.29, 0.717) is 19.5 Å². The van der Waals surface area contributed by atoms with E-state index in [1.54, 1.807) is 0 Å². The molecule has 1 rings (SSSR count). The van der Waals surface area contributed by atoms with Crippen LogP contribution in [0, 0.1) is 0 Å². The van der Waals surface area contributed by atoms with Gasteiger partial charge in [-0.2, -0.15) is 13.2 Å². The van der Waals surface area contributed by atoms with E-state index in [2.05, 4.69) is 5.32 Å². The van der Waals surface area contributed by atoms with Crippen LogP contribution in [0.15, 0.2) is 18.2 Å². The van der Waals surface area contributed by atoms with E-state index in [9.17, 15) is 17.6 Å². The normalized spacial score (nSPS) is 12.6. The van der Waals surface area contributed by atoms with Crippen LogP contribution >= 0.6 is 0 Å². The maximum Gasteiger partial charge on any atom is 0.418 e. The van der Waals surface area contributed by atoms with Crippen molar-refractivity contribution in [3.63, 3.8) is 0 Å². The van der Waals surface area contributed by atoms with Gasteiger partial charge in [0.2, 0.25) is 0 Å². The number of hydrogen-bond donors (Lipinski definition) is 2. The van der Waals surface area contributed by atoms with Crippen LogP contribution in [-0.4, -0.2) is 13.1 Å². The average molecular weight is 278 g/mol. The molecule has 0 amide bonds. The highest BCUT2D eigenvalue weighted by molar-refractivity contribution is 5.55. The maximum absolute atomic E-state index is 13.7. The average Bonchev–Trinajstić information content (AvgIpc) is 2.27. The first kappa shape index (κ1) is 15.8. The van der Waals surface area contributed by atoms with Crippen molar-refractivity contribution in [1.29, 1.82) is 0 Å². The Labute approximate surface area is 110 Å². The Hall–Kier alpha value is -1.30. The molecule has 108 valence electrons. The lowest BCUT2D eigenvalue weighted by atomic mass is 9.97. The lowest BCUT2D eigenvalue weighted by Crippen LogP contribution is -2.16. The largest absolute Gasteiger partial charge is 0.418 e. The van der Waals surface area contributed by atoms with Crippen LogP contribution in [0.25, 0.3) is 0 Å². The standard InChI is InChI=1S/C13H18F4N2/c1-12(2,14)9-4-5-11(19-7-3-6-18)10(8-9)13(15,16)17/h4-5,8,19H,3,6-7,18H2,1-2H3. The highest BCUT2D eigenvalue weighted by atomic mass is 19.4. The second-order valence-electron chi connectivity index (χ2n) is 4.80.